The normalized spacial score (nSPS) is 10.7. The van der Waals surface area contributed by atoms with Crippen LogP contribution in [0.3, 0.4) is 0 Å². The van der Waals surface area contributed by atoms with Gasteiger partial charge in [-0.3, -0.25) is 0 Å². The van der Waals surface area contributed by atoms with E-state index in [2.05, 4.69) is 20.9 Å². The molecule has 0 fully saturated rings. The van der Waals surface area contributed by atoms with Crippen LogP contribution in [0, 0.1) is 0 Å². The van der Waals surface area contributed by atoms with Crippen LogP contribution in [0.25, 0.3) is 22.4 Å². The first kappa shape index (κ1) is 11.2. The summed E-state index contributed by atoms with van der Waals surface area (Å²) >= 11 is 3.37. The third-order valence-electron chi connectivity index (χ3n) is 2.61. The van der Waals surface area contributed by atoms with E-state index < -0.39 is 0 Å². The molecule has 0 saturated heterocycles. The Morgan fingerprint density at radius 2 is 1.83 bits per heavy atom. The Balaban J connectivity index is 2.30. The molecule has 0 bridgehead atoms. The van der Waals surface area contributed by atoms with Gasteiger partial charge in [-0.2, -0.15) is 0 Å². The largest absolute Gasteiger partial charge is 0.403 e. The standard InChI is InChI=1S/C14H8BrNO2/c15-10-6-7-11-12(8-10)16-13(18-14(11)17)9-4-2-1-3-5-9/h1-8H. The number of aromatic nitrogens is 1. The number of rotatable bonds is 1. The predicted octanol–water partition coefficient (Wildman–Crippen LogP) is 3.62. The van der Waals surface area contributed by atoms with Gasteiger partial charge in [0.05, 0.1) is 10.9 Å². The van der Waals surface area contributed by atoms with E-state index in [1.165, 1.54) is 0 Å². The first-order chi connectivity index (χ1) is 8.74. The minimum absolute atomic E-state index is 0.339. The Morgan fingerprint density at radius 1 is 1.06 bits per heavy atom. The van der Waals surface area contributed by atoms with Gasteiger partial charge >= 0.3 is 5.63 Å². The van der Waals surface area contributed by atoms with E-state index >= 15 is 0 Å². The molecule has 0 saturated carbocycles. The SMILES string of the molecule is O=c1oc(-c2ccccc2)nc2cc(Br)ccc12. The lowest BCUT2D eigenvalue weighted by molar-refractivity contribution is 0.518. The Bertz CT molecular complexity index is 766. The van der Waals surface area contributed by atoms with Crippen LogP contribution in [-0.4, -0.2) is 4.98 Å². The average Bonchev–Trinajstić information content (AvgIpc) is 2.39. The highest BCUT2D eigenvalue weighted by Gasteiger charge is 2.08. The van der Waals surface area contributed by atoms with Gasteiger partial charge in [0.2, 0.25) is 5.89 Å². The molecule has 18 heavy (non-hydrogen) atoms. The zero-order valence-electron chi connectivity index (χ0n) is 9.26. The van der Waals surface area contributed by atoms with E-state index in [0.717, 1.165) is 10.0 Å². The van der Waals surface area contributed by atoms with Gasteiger partial charge in [-0.1, -0.05) is 34.1 Å². The van der Waals surface area contributed by atoms with Crippen LogP contribution in [0.4, 0.5) is 0 Å². The lowest BCUT2D eigenvalue weighted by Gasteiger charge is -2.01. The van der Waals surface area contributed by atoms with Crippen molar-refractivity contribution >= 4 is 26.8 Å². The highest BCUT2D eigenvalue weighted by molar-refractivity contribution is 9.10. The summed E-state index contributed by atoms with van der Waals surface area (Å²) in [6.45, 7) is 0. The predicted molar refractivity (Wildman–Crippen MR) is 73.4 cm³/mol. The van der Waals surface area contributed by atoms with Crippen LogP contribution < -0.4 is 5.63 Å². The molecule has 88 valence electrons. The van der Waals surface area contributed by atoms with Crippen LogP contribution in [0.2, 0.25) is 0 Å². The summed E-state index contributed by atoms with van der Waals surface area (Å²) in [6, 6.07) is 14.7. The van der Waals surface area contributed by atoms with Crippen molar-refractivity contribution in [2.45, 2.75) is 0 Å². The number of nitrogens with zero attached hydrogens (tertiary/aromatic N) is 1. The Hall–Kier alpha value is -1.94. The molecule has 2 aromatic carbocycles. The van der Waals surface area contributed by atoms with E-state index in [4.69, 9.17) is 4.42 Å². The average molecular weight is 302 g/mol. The summed E-state index contributed by atoms with van der Waals surface area (Å²) in [6.07, 6.45) is 0. The smallest absolute Gasteiger partial charge is 0.347 e. The van der Waals surface area contributed by atoms with E-state index in [9.17, 15) is 4.79 Å². The van der Waals surface area contributed by atoms with Crippen LogP contribution in [-0.2, 0) is 0 Å². The van der Waals surface area contributed by atoms with Gasteiger partial charge in [-0.25, -0.2) is 9.78 Å². The molecule has 0 unspecified atom stereocenters. The number of benzene rings is 2. The second kappa shape index (κ2) is 4.38. The zero-order valence-corrected chi connectivity index (χ0v) is 10.8. The number of fused-ring (bicyclic) bond motifs is 1. The molecule has 0 amide bonds. The molecule has 3 aromatic rings. The molecular weight excluding hydrogens is 294 g/mol. The van der Waals surface area contributed by atoms with Gasteiger partial charge in [-0.15, -0.1) is 0 Å². The Morgan fingerprint density at radius 3 is 2.61 bits per heavy atom. The molecule has 0 spiro atoms. The molecule has 0 aliphatic carbocycles. The highest BCUT2D eigenvalue weighted by Crippen LogP contribution is 2.20. The highest BCUT2D eigenvalue weighted by atomic mass is 79.9. The van der Waals surface area contributed by atoms with Gasteiger partial charge in [0.25, 0.3) is 0 Å². The van der Waals surface area contributed by atoms with Crippen LogP contribution in [0.5, 0.6) is 0 Å². The third kappa shape index (κ3) is 1.95. The van der Waals surface area contributed by atoms with Crippen molar-refractivity contribution in [3.05, 3.63) is 63.4 Å². The molecule has 0 aliphatic heterocycles. The van der Waals surface area contributed by atoms with Crippen LogP contribution in [0.1, 0.15) is 0 Å². The number of hydrogen-bond acceptors (Lipinski definition) is 3. The van der Waals surface area contributed by atoms with Crippen molar-refractivity contribution in [1.82, 2.24) is 4.98 Å². The van der Waals surface area contributed by atoms with Crippen molar-refractivity contribution < 1.29 is 4.42 Å². The maximum absolute atomic E-state index is 11.9. The topological polar surface area (TPSA) is 43.1 Å². The second-order valence-electron chi connectivity index (χ2n) is 3.83. The monoisotopic (exact) mass is 301 g/mol. The Labute approximate surface area is 111 Å². The molecule has 4 heteroatoms. The van der Waals surface area contributed by atoms with E-state index in [1.54, 1.807) is 18.2 Å². The summed E-state index contributed by atoms with van der Waals surface area (Å²) in [7, 11) is 0. The fraction of sp³-hybridized carbons (Fsp3) is 0. The number of halogens is 1. The van der Waals surface area contributed by atoms with E-state index in [0.29, 0.717) is 16.8 Å². The second-order valence-corrected chi connectivity index (χ2v) is 4.75. The maximum Gasteiger partial charge on any atom is 0.347 e. The third-order valence-corrected chi connectivity index (χ3v) is 3.11. The lowest BCUT2D eigenvalue weighted by Crippen LogP contribution is -2.02. The van der Waals surface area contributed by atoms with Crippen molar-refractivity contribution in [1.29, 1.82) is 0 Å². The van der Waals surface area contributed by atoms with Crippen molar-refractivity contribution in [2.24, 2.45) is 0 Å². The summed E-state index contributed by atoms with van der Waals surface area (Å²) < 4.78 is 6.12. The van der Waals surface area contributed by atoms with E-state index in [-0.39, 0.29) is 5.63 Å². The first-order valence-corrected chi connectivity index (χ1v) is 6.19. The fourth-order valence-corrected chi connectivity index (χ4v) is 2.10. The van der Waals surface area contributed by atoms with Crippen molar-refractivity contribution in [2.75, 3.05) is 0 Å². The van der Waals surface area contributed by atoms with Gasteiger partial charge in [-0.05, 0) is 30.3 Å². The molecule has 0 atom stereocenters. The molecule has 3 rings (SSSR count). The summed E-state index contributed by atoms with van der Waals surface area (Å²) in [5.41, 5.74) is 1.04. The van der Waals surface area contributed by atoms with Gasteiger partial charge in [0, 0.05) is 10.0 Å². The van der Waals surface area contributed by atoms with Gasteiger partial charge in [0.15, 0.2) is 0 Å². The molecule has 1 heterocycles. The maximum atomic E-state index is 11.9. The summed E-state index contributed by atoms with van der Waals surface area (Å²) in [4.78, 5) is 16.2. The molecule has 1 aromatic heterocycles. The summed E-state index contributed by atoms with van der Waals surface area (Å²) in [5, 5.41) is 0.484. The fourth-order valence-electron chi connectivity index (χ4n) is 1.75. The van der Waals surface area contributed by atoms with Crippen molar-refractivity contribution in [3.63, 3.8) is 0 Å². The van der Waals surface area contributed by atoms with Crippen LogP contribution >= 0.6 is 15.9 Å². The minimum Gasteiger partial charge on any atom is -0.403 e. The molecule has 0 N–H and O–H groups in total. The van der Waals surface area contributed by atoms with Gasteiger partial charge in [0.1, 0.15) is 0 Å². The Kier molecular flexibility index (Phi) is 2.72. The van der Waals surface area contributed by atoms with Crippen LogP contribution in [0.15, 0.2) is 62.2 Å². The lowest BCUT2D eigenvalue weighted by atomic mass is 10.2. The summed E-state index contributed by atoms with van der Waals surface area (Å²) in [5.74, 6) is 0.339. The van der Waals surface area contributed by atoms with E-state index in [1.807, 2.05) is 30.3 Å². The number of hydrogen-bond donors (Lipinski definition) is 0. The quantitative estimate of drug-likeness (QED) is 0.689. The van der Waals surface area contributed by atoms with Crippen molar-refractivity contribution in [3.8, 4) is 11.5 Å². The van der Waals surface area contributed by atoms with Gasteiger partial charge < -0.3 is 4.42 Å². The molecule has 0 aliphatic rings. The molecular formula is C14H8BrNO2. The minimum atomic E-state index is -0.369. The molecule has 3 nitrogen and oxygen atoms in total. The first-order valence-electron chi connectivity index (χ1n) is 5.40. The molecule has 0 radical (unpaired) electrons. The zero-order chi connectivity index (χ0) is 12.5.